The van der Waals surface area contributed by atoms with Crippen LogP contribution in [0.1, 0.15) is 34.6 Å². The molecule has 114 valence electrons. The number of hydrogen-bond acceptors (Lipinski definition) is 4. The smallest absolute Gasteiger partial charge is 0.327 e. The van der Waals surface area contributed by atoms with Crippen molar-refractivity contribution in [2.24, 2.45) is 13.0 Å². The summed E-state index contributed by atoms with van der Waals surface area (Å²) in [6, 6.07) is -0.730. The van der Waals surface area contributed by atoms with Crippen LogP contribution in [0.4, 0.5) is 0 Å². The predicted molar refractivity (Wildman–Crippen MR) is 79.2 cm³/mol. The molecule has 2 heterocycles. The fourth-order valence-corrected chi connectivity index (χ4v) is 4.56. The van der Waals surface area contributed by atoms with E-state index < -0.39 is 12.0 Å². The monoisotopic (exact) mass is 309 g/mol. The largest absolute Gasteiger partial charge is 0.480 e. The van der Waals surface area contributed by atoms with Crippen molar-refractivity contribution in [3.63, 3.8) is 0 Å². The molecular formula is C14H19N3O3S. The van der Waals surface area contributed by atoms with Crippen LogP contribution in [0.3, 0.4) is 0 Å². The number of thioether (sulfide) groups is 1. The molecule has 7 heteroatoms. The summed E-state index contributed by atoms with van der Waals surface area (Å²) in [5, 5.41) is 13.7. The fraction of sp³-hybridized carbons (Fsp3) is 0.643. The molecule has 1 saturated heterocycles. The third kappa shape index (κ3) is 2.33. The van der Waals surface area contributed by atoms with Gasteiger partial charge >= 0.3 is 5.97 Å². The molecule has 1 aliphatic heterocycles. The number of carbonyl (C=O) groups is 2. The third-order valence-corrected chi connectivity index (χ3v) is 5.76. The van der Waals surface area contributed by atoms with Gasteiger partial charge in [-0.25, -0.2) is 4.79 Å². The average Bonchev–Trinajstić information content (AvgIpc) is 3.10. The van der Waals surface area contributed by atoms with Crippen molar-refractivity contribution in [2.75, 3.05) is 5.75 Å². The van der Waals surface area contributed by atoms with Gasteiger partial charge in [0.05, 0.1) is 16.6 Å². The maximum atomic E-state index is 13.0. The summed E-state index contributed by atoms with van der Waals surface area (Å²) in [6.07, 6.45) is 2.16. The van der Waals surface area contributed by atoms with E-state index in [0.717, 1.165) is 18.5 Å². The minimum Gasteiger partial charge on any atom is -0.480 e. The first kappa shape index (κ1) is 14.4. The van der Waals surface area contributed by atoms with Crippen molar-refractivity contribution in [3.8, 4) is 0 Å². The number of aliphatic carboxylic acids is 1. The second kappa shape index (κ2) is 5.05. The van der Waals surface area contributed by atoms with E-state index in [2.05, 4.69) is 5.10 Å². The van der Waals surface area contributed by atoms with Gasteiger partial charge in [-0.1, -0.05) is 0 Å². The number of aromatic nitrogens is 2. The molecule has 2 unspecified atom stereocenters. The Morgan fingerprint density at radius 1 is 1.33 bits per heavy atom. The summed E-state index contributed by atoms with van der Waals surface area (Å²) in [7, 11) is 1.80. The van der Waals surface area contributed by atoms with Gasteiger partial charge in [0.15, 0.2) is 0 Å². The van der Waals surface area contributed by atoms with Gasteiger partial charge in [-0.3, -0.25) is 9.48 Å². The van der Waals surface area contributed by atoms with Crippen molar-refractivity contribution in [1.82, 2.24) is 14.7 Å². The first-order chi connectivity index (χ1) is 9.91. The van der Waals surface area contributed by atoms with Gasteiger partial charge in [0.2, 0.25) is 0 Å². The second-order valence-corrected chi connectivity index (χ2v) is 6.95. The molecule has 2 atom stereocenters. The molecule has 3 rings (SSSR count). The molecule has 21 heavy (non-hydrogen) atoms. The minimum atomic E-state index is -0.918. The van der Waals surface area contributed by atoms with Crippen molar-refractivity contribution >= 4 is 23.6 Å². The Labute approximate surface area is 127 Å². The lowest BCUT2D eigenvalue weighted by molar-refractivity contribution is -0.141. The quantitative estimate of drug-likeness (QED) is 0.914. The first-order valence-electron chi connectivity index (χ1n) is 7.09. The number of nitrogens with zero attached hydrogens (tertiary/aromatic N) is 3. The van der Waals surface area contributed by atoms with Gasteiger partial charge < -0.3 is 10.0 Å². The number of aryl methyl sites for hydroxylation is 2. The molecule has 2 fully saturated rings. The van der Waals surface area contributed by atoms with Gasteiger partial charge in [0.25, 0.3) is 5.91 Å². The molecule has 1 aliphatic carbocycles. The van der Waals surface area contributed by atoms with E-state index in [1.54, 1.807) is 35.3 Å². The Morgan fingerprint density at radius 3 is 2.48 bits per heavy atom. The molecule has 1 aromatic rings. The molecular weight excluding hydrogens is 290 g/mol. The summed E-state index contributed by atoms with van der Waals surface area (Å²) < 4.78 is 1.67. The lowest BCUT2D eigenvalue weighted by Gasteiger charge is -2.27. The van der Waals surface area contributed by atoms with Crippen LogP contribution in [0.15, 0.2) is 0 Å². The zero-order valence-electron chi connectivity index (χ0n) is 12.4. The minimum absolute atomic E-state index is 0.00222. The molecule has 2 aliphatic rings. The van der Waals surface area contributed by atoms with E-state index in [9.17, 15) is 14.7 Å². The predicted octanol–water partition coefficient (Wildman–Crippen LogP) is 1.42. The molecule has 0 radical (unpaired) electrons. The van der Waals surface area contributed by atoms with Gasteiger partial charge in [-0.2, -0.15) is 5.10 Å². The summed E-state index contributed by atoms with van der Waals surface area (Å²) in [4.78, 5) is 26.0. The van der Waals surface area contributed by atoms with Gasteiger partial charge in [0.1, 0.15) is 6.04 Å². The summed E-state index contributed by atoms with van der Waals surface area (Å²) >= 11 is 1.60. The van der Waals surface area contributed by atoms with Gasteiger partial charge in [0, 0.05) is 18.5 Å². The van der Waals surface area contributed by atoms with E-state index in [-0.39, 0.29) is 11.3 Å². The second-order valence-electron chi connectivity index (χ2n) is 5.80. The van der Waals surface area contributed by atoms with Crippen LogP contribution in [0.5, 0.6) is 0 Å². The van der Waals surface area contributed by atoms with E-state index in [1.165, 1.54) is 0 Å². The van der Waals surface area contributed by atoms with E-state index in [0.29, 0.717) is 22.9 Å². The number of carboxylic acid groups (broad SMARTS) is 1. The molecule has 0 aromatic carbocycles. The lowest BCUT2D eigenvalue weighted by Crippen LogP contribution is -2.46. The Bertz CT molecular complexity index is 609. The van der Waals surface area contributed by atoms with E-state index >= 15 is 0 Å². The zero-order valence-corrected chi connectivity index (χ0v) is 13.2. The van der Waals surface area contributed by atoms with Crippen LogP contribution in [0.25, 0.3) is 0 Å². The standard InChI is InChI=1S/C14H19N3O3S/c1-7-11(8(2)16(3)15-7)12(18)17-10(14(19)20)6-21-13(17)9-4-5-9/h9-10,13H,4-6H2,1-3H3,(H,19,20). The van der Waals surface area contributed by atoms with Crippen molar-refractivity contribution < 1.29 is 14.7 Å². The Hall–Kier alpha value is -1.50. The maximum Gasteiger partial charge on any atom is 0.327 e. The van der Waals surface area contributed by atoms with Gasteiger partial charge in [-0.15, -0.1) is 11.8 Å². The molecule has 1 saturated carbocycles. The SMILES string of the molecule is Cc1nn(C)c(C)c1C(=O)N1C(C(=O)O)CSC1C1CC1. The molecule has 0 spiro atoms. The number of hydrogen-bond donors (Lipinski definition) is 1. The Morgan fingerprint density at radius 2 is 2.00 bits per heavy atom. The van der Waals surface area contributed by atoms with Crippen LogP contribution < -0.4 is 0 Å². The lowest BCUT2D eigenvalue weighted by atomic mass is 10.1. The highest BCUT2D eigenvalue weighted by Gasteiger charge is 2.48. The van der Waals surface area contributed by atoms with Crippen molar-refractivity contribution in [3.05, 3.63) is 17.0 Å². The topological polar surface area (TPSA) is 75.4 Å². The molecule has 1 amide bonds. The first-order valence-corrected chi connectivity index (χ1v) is 8.14. The van der Waals surface area contributed by atoms with Crippen molar-refractivity contribution in [1.29, 1.82) is 0 Å². The molecule has 1 N–H and O–H groups in total. The van der Waals surface area contributed by atoms with Crippen LogP contribution in [0, 0.1) is 19.8 Å². The highest BCUT2D eigenvalue weighted by molar-refractivity contribution is 8.00. The molecule has 6 nitrogen and oxygen atoms in total. The Kier molecular flexibility index (Phi) is 3.47. The summed E-state index contributed by atoms with van der Waals surface area (Å²) in [6.45, 7) is 3.64. The van der Waals surface area contributed by atoms with Crippen LogP contribution in [0.2, 0.25) is 0 Å². The van der Waals surface area contributed by atoms with Crippen molar-refractivity contribution in [2.45, 2.75) is 38.1 Å². The zero-order chi connectivity index (χ0) is 15.3. The highest BCUT2D eigenvalue weighted by atomic mass is 32.2. The third-order valence-electron chi connectivity index (χ3n) is 4.30. The number of carbonyl (C=O) groups excluding carboxylic acids is 1. The van der Waals surface area contributed by atoms with Gasteiger partial charge in [-0.05, 0) is 32.6 Å². The molecule has 0 bridgehead atoms. The van der Waals surface area contributed by atoms with Crippen LogP contribution in [-0.2, 0) is 11.8 Å². The normalized spacial score (nSPS) is 25.4. The maximum absolute atomic E-state index is 13.0. The van der Waals surface area contributed by atoms with E-state index in [1.807, 2.05) is 6.92 Å². The fourth-order valence-electron chi connectivity index (χ4n) is 2.93. The Balaban J connectivity index is 1.97. The van der Waals surface area contributed by atoms with E-state index in [4.69, 9.17) is 0 Å². The number of amides is 1. The number of carboxylic acids is 1. The average molecular weight is 309 g/mol. The van der Waals surface area contributed by atoms with Crippen LogP contribution in [-0.4, -0.2) is 48.8 Å². The number of rotatable bonds is 3. The van der Waals surface area contributed by atoms with Crippen LogP contribution >= 0.6 is 11.8 Å². The molecule has 1 aromatic heterocycles. The summed E-state index contributed by atoms with van der Waals surface area (Å²) in [5.41, 5.74) is 2.00. The highest BCUT2D eigenvalue weighted by Crippen LogP contribution is 2.46. The summed E-state index contributed by atoms with van der Waals surface area (Å²) in [5.74, 6) is -0.188.